The number of ether oxygens (including phenoxy) is 1. The van der Waals surface area contributed by atoms with E-state index in [0.717, 1.165) is 17.8 Å². The molecule has 4 rings (SSSR count). The Kier molecular flexibility index (Phi) is 5.27. The molecule has 148 valence electrons. The molecule has 2 aliphatic heterocycles. The minimum Gasteiger partial charge on any atom is -0.479 e. The van der Waals surface area contributed by atoms with Crippen molar-refractivity contribution >= 4 is 23.1 Å². The molecule has 1 fully saturated rings. The van der Waals surface area contributed by atoms with Gasteiger partial charge in [-0.05, 0) is 42.8 Å². The van der Waals surface area contributed by atoms with Gasteiger partial charge in [0.25, 0.3) is 0 Å². The number of hydrogen-bond donors (Lipinski definition) is 2. The maximum absolute atomic E-state index is 13.3. The lowest BCUT2D eigenvalue weighted by Crippen LogP contribution is -2.66. The number of carbonyl (C=O) groups is 1. The van der Waals surface area contributed by atoms with E-state index in [9.17, 15) is 9.18 Å². The lowest BCUT2D eigenvalue weighted by atomic mass is 9.89. The molecule has 0 spiro atoms. The molecule has 2 aromatic rings. The van der Waals surface area contributed by atoms with E-state index >= 15 is 0 Å². The SMILES string of the molecule is CC1(C(=O)C2CNc3cc(Cl)ccc3O2)CN(Cc2ccc(F)cc2)CCN1. The molecule has 0 aromatic heterocycles. The summed E-state index contributed by atoms with van der Waals surface area (Å²) in [6.07, 6.45) is -0.572. The van der Waals surface area contributed by atoms with E-state index in [4.69, 9.17) is 16.3 Å². The Morgan fingerprint density at radius 2 is 2.11 bits per heavy atom. The van der Waals surface area contributed by atoms with Crippen molar-refractivity contribution in [3.05, 3.63) is 58.9 Å². The fraction of sp³-hybridized carbons (Fsp3) is 0.381. The van der Waals surface area contributed by atoms with Crippen LogP contribution in [0.1, 0.15) is 12.5 Å². The van der Waals surface area contributed by atoms with E-state index in [0.29, 0.717) is 37.0 Å². The number of fused-ring (bicyclic) bond motifs is 1. The molecule has 7 heteroatoms. The standard InChI is InChI=1S/C21H23ClFN3O2/c1-21(13-26(9-8-25-21)12-14-2-5-16(23)6-3-14)20(27)19-11-24-17-10-15(22)4-7-18(17)28-19/h2-7,10,19,24-25H,8-9,11-13H2,1H3. The molecule has 5 nitrogen and oxygen atoms in total. The van der Waals surface area contributed by atoms with Gasteiger partial charge in [-0.3, -0.25) is 9.69 Å². The van der Waals surface area contributed by atoms with Crippen molar-refractivity contribution in [1.29, 1.82) is 0 Å². The van der Waals surface area contributed by atoms with Gasteiger partial charge in [0.15, 0.2) is 11.9 Å². The number of piperazine rings is 1. The molecule has 1 saturated heterocycles. The number of nitrogens with one attached hydrogen (secondary N) is 2. The van der Waals surface area contributed by atoms with Crippen LogP contribution in [-0.4, -0.2) is 48.5 Å². The number of Topliss-reactive ketones (excluding diaryl/α,β-unsaturated/α-hetero) is 1. The second-order valence-electron chi connectivity index (χ2n) is 7.59. The van der Waals surface area contributed by atoms with Crippen LogP contribution in [0.5, 0.6) is 5.75 Å². The van der Waals surface area contributed by atoms with Crippen molar-refractivity contribution < 1.29 is 13.9 Å². The Morgan fingerprint density at radius 1 is 1.32 bits per heavy atom. The summed E-state index contributed by atoms with van der Waals surface area (Å²) in [4.78, 5) is 15.5. The lowest BCUT2D eigenvalue weighted by Gasteiger charge is -2.42. The van der Waals surface area contributed by atoms with Crippen molar-refractivity contribution in [2.24, 2.45) is 0 Å². The minimum absolute atomic E-state index is 0.0180. The molecule has 2 heterocycles. The van der Waals surface area contributed by atoms with Crippen LogP contribution in [0.25, 0.3) is 0 Å². The number of carbonyl (C=O) groups excluding carboxylic acids is 1. The maximum atomic E-state index is 13.3. The molecular weight excluding hydrogens is 381 g/mol. The van der Waals surface area contributed by atoms with Crippen molar-refractivity contribution in [2.75, 3.05) is 31.5 Å². The molecule has 0 aliphatic carbocycles. The third-order valence-corrected chi connectivity index (χ3v) is 5.56. The molecule has 2 N–H and O–H groups in total. The number of rotatable bonds is 4. The first-order chi connectivity index (χ1) is 13.4. The van der Waals surface area contributed by atoms with Crippen molar-refractivity contribution in [1.82, 2.24) is 10.2 Å². The smallest absolute Gasteiger partial charge is 0.196 e. The summed E-state index contributed by atoms with van der Waals surface area (Å²) in [6, 6.07) is 11.8. The Balaban J connectivity index is 1.44. The van der Waals surface area contributed by atoms with Gasteiger partial charge in [0.1, 0.15) is 11.6 Å². The lowest BCUT2D eigenvalue weighted by molar-refractivity contribution is -0.133. The number of hydrogen-bond acceptors (Lipinski definition) is 5. The van der Waals surface area contributed by atoms with Gasteiger partial charge < -0.3 is 15.4 Å². The van der Waals surface area contributed by atoms with Gasteiger partial charge in [0, 0.05) is 31.2 Å². The summed E-state index contributed by atoms with van der Waals surface area (Å²) >= 11 is 6.01. The quantitative estimate of drug-likeness (QED) is 0.821. The van der Waals surface area contributed by atoms with Crippen molar-refractivity contribution in [3.8, 4) is 5.75 Å². The largest absolute Gasteiger partial charge is 0.479 e. The zero-order valence-electron chi connectivity index (χ0n) is 15.7. The zero-order valence-corrected chi connectivity index (χ0v) is 16.4. The Bertz CT molecular complexity index is 876. The van der Waals surface area contributed by atoms with Gasteiger partial charge in [-0.25, -0.2) is 4.39 Å². The molecule has 2 atom stereocenters. The maximum Gasteiger partial charge on any atom is 0.196 e. The summed E-state index contributed by atoms with van der Waals surface area (Å²) in [7, 11) is 0. The zero-order chi connectivity index (χ0) is 19.7. The first kappa shape index (κ1) is 19.2. The first-order valence-electron chi connectivity index (χ1n) is 9.39. The third-order valence-electron chi connectivity index (χ3n) is 5.33. The van der Waals surface area contributed by atoms with Crippen LogP contribution in [0.4, 0.5) is 10.1 Å². The molecule has 2 unspecified atom stereocenters. The Morgan fingerprint density at radius 3 is 2.89 bits per heavy atom. The number of anilines is 1. The summed E-state index contributed by atoms with van der Waals surface area (Å²) in [5.74, 6) is 0.411. The predicted molar refractivity (Wildman–Crippen MR) is 107 cm³/mol. The highest BCUT2D eigenvalue weighted by molar-refractivity contribution is 6.30. The van der Waals surface area contributed by atoms with E-state index in [1.807, 2.05) is 6.92 Å². The number of nitrogens with zero attached hydrogens (tertiary/aromatic N) is 1. The molecule has 0 saturated carbocycles. The first-order valence-corrected chi connectivity index (χ1v) is 9.77. The predicted octanol–water partition coefficient (Wildman–Crippen LogP) is 3.09. The van der Waals surface area contributed by atoms with Crippen molar-refractivity contribution in [2.45, 2.75) is 25.1 Å². The minimum atomic E-state index is -0.714. The van der Waals surface area contributed by atoms with E-state index < -0.39 is 11.6 Å². The van der Waals surface area contributed by atoms with E-state index in [1.54, 1.807) is 30.3 Å². The van der Waals surface area contributed by atoms with E-state index in [-0.39, 0.29) is 11.6 Å². The van der Waals surface area contributed by atoms with Gasteiger partial charge in [0.05, 0.1) is 17.8 Å². The third kappa shape index (κ3) is 3.99. The van der Waals surface area contributed by atoms with E-state index in [1.165, 1.54) is 12.1 Å². The molecule has 0 radical (unpaired) electrons. The van der Waals surface area contributed by atoms with Crippen LogP contribution in [0.2, 0.25) is 5.02 Å². The average molecular weight is 404 g/mol. The van der Waals surface area contributed by atoms with Gasteiger partial charge in [-0.2, -0.15) is 0 Å². The molecule has 28 heavy (non-hydrogen) atoms. The second kappa shape index (κ2) is 7.70. The monoisotopic (exact) mass is 403 g/mol. The number of halogens is 2. The highest BCUT2D eigenvalue weighted by atomic mass is 35.5. The second-order valence-corrected chi connectivity index (χ2v) is 8.02. The fourth-order valence-electron chi connectivity index (χ4n) is 3.86. The van der Waals surface area contributed by atoms with Crippen molar-refractivity contribution in [3.63, 3.8) is 0 Å². The highest BCUT2D eigenvalue weighted by Gasteiger charge is 2.43. The average Bonchev–Trinajstić information content (AvgIpc) is 2.69. The summed E-state index contributed by atoms with van der Waals surface area (Å²) in [6.45, 7) is 5.10. The van der Waals surface area contributed by atoms with Gasteiger partial charge in [-0.15, -0.1) is 0 Å². The molecule has 2 aromatic carbocycles. The van der Waals surface area contributed by atoms with Crippen LogP contribution in [0.3, 0.4) is 0 Å². The fourth-order valence-corrected chi connectivity index (χ4v) is 4.03. The van der Waals surface area contributed by atoms with Crippen LogP contribution in [0, 0.1) is 5.82 Å². The Labute approximate surface area is 168 Å². The normalized spacial score (nSPS) is 24.8. The molecule has 2 aliphatic rings. The topological polar surface area (TPSA) is 53.6 Å². The molecular formula is C21H23ClFN3O2. The van der Waals surface area contributed by atoms with Crippen LogP contribution >= 0.6 is 11.6 Å². The van der Waals surface area contributed by atoms with E-state index in [2.05, 4.69) is 15.5 Å². The van der Waals surface area contributed by atoms with Crippen LogP contribution < -0.4 is 15.4 Å². The summed E-state index contributed by atoms with van der Waals surface area (Å²) in [5, 5.41) is 7.23. The van der Waals surface area contributed by atoms with Gasteiger partial charge in [0.2, 0.25) is 0 Å². The number of benzene rings is 2. The van der Waals surface area contributed by atoms with Crippen LogP contribution in [0.15, 0.2) is 42.5 Å². The summed E-state index contributed by atoms with van der Waals surface area (Å²) in [5.41, 5.74) is 1.12. The number of ketones is 1. The molecule has 0 bridgehead atoms. The highest BCUT2D eigenvalue weighted by Crippen LogP contribution is 2.32. The van der Waals surface area contributed by atoms with Gasteiger partial charge in [-0.1, -0.05) is 23.7 Å². The molecule has 0 amide bonds. The summed E-state index contributed by atoms with van der Waals surface area (Å²) < 4.78 is 19.1. The van der Waals surface area contributed by atoms with Gasteiger partial charge >= 0.3 is 0 Å². The Hall–Kier alpha value is -2.15. The van der Waals surface area contributed by atoms with Crippen LogP contribution in [-0.2, 0) is 11.3 Å².